The highest BCUT2D eigenvalue weighted by atomic mass is 35.5. The van der Waals surface area contributed by atoms with E-state index in [4.69, 9.17) is 5.73 Å². The van der Waals surface area contributed by atoms with E-state index in [2.05, 4.69) is 38.6 Å². The summed E-state index contributed by atoms with van der Waals surface area (Å²) in [5.41, 5.74) is 11.0. The van der Waals surface area contributed by atoms with Gasteiger partial charge in [0.15, 0.2) is 0 Å². The van der Waals surface area contributed by atoms with Crippen LogP contribution in [0.3, 0.4) is 0 Å². The van der Waals surface area contributed by atoms with Gasteiger partial charge in [-0.2, -0.15) is 0 Å². The Hall–Kier alpha value is -0.790. The summed E-state index contributed by atoms with van der Waals surface area (Å²) in [6, 6.07) is 6.51. The Morgan fingerprint density at radius 3 is 2.53 bits per heavy atom. The lowest BCUT2D eigenvalue weighted by Crippen LogP contribution is -2.12. The van der Waals surface area contributed by atoms with Gasteiger partial charge < -0.3 is 5.73 Å². The van der Waals surface area contributed by atoms with Crippen LogP contribution in [0, 0.1) is 13.8 Å². The van der Waals surface area contributed by atoms with E-state index in [-0.39, 0.29) is 18.4 Å². The van der Waals surface area contributed by atoms with Crippen molar-refractivity contribution in [3.05, 3.63) is 47.0 Å². The van der Waals surface area contributed by atoms with Crippen LogP contribution in [0.4, 0.5) is 0 Å². The minimum Gasteiger partial charge on any atom is -0.324 e. The maximum absolute atomic E-state index is 6.10. The van der Waals surface area contributed by atoms with Crippen LogP contribution in [0.25, 0.3) is 0 Å². The summed E-state index contributed by atoms with van der Waals surface area (Å²) in [6.45, 7) is 10.1. The molecule has 0 saturated carbocycles. The molecule has 0 spiro atoms. The van der Waals surface area contributed by atoms with Crippen molar-refractivity contribution >= 4 is 12.4 Å². The highest BCUT2D eigenvalue weighted by Gasteiger charge is 2.08. The van der Waals surface area contributed by atoms with E-state index in [1.165, 1.54) is 16.7 Å². The molecule has 84 valence electrons. The zero-order valence-corrected chi connectivity index (χ0v) is 10.5. The van der Waals surface area contributed by atoms with Crippen LogP contribution in [0.5, 0.6) is 0 Å². The first-order valence-electron chi connectivity index (χ1n) is 4.98. The molecular formula is C13H20ClN. The maximum Gasteiger partial charge on any atom is 0.0335 e. The lowest BCUT2D eigenvalue weighted by atomic mass is 9.95. The molecule has 1 rings (SSSR count). The van der Waals surface area contributed by atoms with Gasteiger partial charge in [-0.25, -0.2) is 0 Å². The minimum atomic E-state index is 0. The fourth-order valence-electron chi connectivity index (χ4n) is 1.64. The van der Waals surface area contributed by atoms with E-state index in [0.717, 1.165) is 12.0 Å². The third kappa shape index (κ3) is 4.06. The highest BCUT2D eigenvalue weighted by Crippen LogP contribution is 2.22. The summed E-state index contributed by atoms with van der Waals surface area (Å²) in [5.74, 6) is 0. The highest BCUT2D eigenvalue weighted by molar-refractivity contribution is 5.85. The first-order valence-corrected chi connectivity index (χ1v) is 4.98. The van der Waals surface area contributed by atoms with Gasteiger partial charge in [0.05, 0.1) is 0 Å². The molecule has 0 aromatic heterocycles. The Bertz CT molecular complexity index is 344. The van der Waals surface area contributed by atoms with Crippen LogP contribution in [0.2, 0.25) is 0 Å². The Labute approximate surface area is 98.8 Å². The van der Waals surface area contributed by atoms with Gasteiger partial charge in [-0.05, 0) is 38.3 Å². The van der Waals surface area contributed by atoms with E-state index in [0.29, 0.717) is 0 Å². The van der Waals surface area contributed by atoms with Crippen molar-refractivity contribution in [2.45, 2.75) is 33.2 Å². The number of benzene rings is 1. The van der Waals surface area contributed by atoms with Gasteiger partial charge in [0.25, 0.3) is 0 Å². The van der Waals surface area contributed by atoms with Crippen LogP contribution in [0.15, 0.2) is 30.4 Å². The average molecular weight is 226 g/mol. The average Bonchev–Trinajstić information content (AvgIpc) is 2.08. The third-order valence-corrected chi connectivity index (χ3v) is 2.40. The molecule has 0 bridgehead atoms. The topological polar surface area (TPSA) is 26.0 Å². The number of hydrogen-bond donors (Lipinski definition) is 1. The van der Waals surface area contributed by atoms with Crippen molar-refractivity contribution in [1.82, 2.24) is 0 Å². The van der Waals surface area contributed by atoms with Gasteiger partial charge in [0.1, 0.15) is 0 Å². The third-order valence-electron chi connectivity index (χ3n) is 2.40. The molecule has 2 heteroatoms. The number of hydrogen-bond acceptors (Lipinski definition) is 1. The van der Waals surface area contributed by atoms with Crippen LogP contribution >= 0.6 is 12.4 Å². The van der Waals surface area contributed by atoms with Gasteiger partial charge in [0.2, 0.25) is 0 Å². The monoisotopic (exact) mass is 225 g/mol. The van der Waals surface area contributed by atoms with Crippen LogP contribution in [0.1, 0.15) is 36.1 Å². The SMILES string of the molecule is C=C(C)C[C@@H](N)c1cc(C)ccc1C.Cl. The summed E-state index contributed by atoms with van der Waals surface area (Å²) in [4.78, 5) is 0. The molecule has 0 radical (unpaired) electrons. The minimum absolute atomic E-state index is 0. The maximum atomic E-state index is 6.10. The van der Waals surface area contributed by atoms with Crippen molar-refractivity contribution in [3.8, 4) is 0 Å². The smallest absolute Gasteiger partial charge is 0.0335 e. The lowest BCUT2D eigenvalue weighted by molar-refractivity contribution is 0.711. The Balaban J connectivity index is 0.00000196. The van der Waals surface area contributed by atoms with E-state index < -0.39 is 0 Å². The van der Waals surface area contributed by atoms with E-state index >= 15 is 0 Å². The number of halogens is 1. The molecule has 0 unspecified atom stereocenters. The molecule has 0 saturated heterocycles. The second kappa shape index (κ2) is 5.94. The predicted molar refractivity (Wildman–Crippen MR) is 69.5 cm³/mol. The predicted octanol–water partition coefficient (Wildman–Crippen LogP) is 3.69. The first-order chi connectivity index (χ1) is 6.50. The van der Waals surface area contributed by atoms with Gasteiger partial charge in [0, 0.05) is 6.04 Å². The van der Waals surface area contributed by atoms with Gasteiger partial charge >= 0.3 is 0 Å². The summed E-state index contributed by atoms with van der Waals surface area (Å²) < 4.78 is 0. The zero-order chi connectivity index (χ0) is 10.7. The molecule has 15 heavy (non-hydrogen) atoms. The van der Waals surface area contributed by atoms with E-state index in [9.17, 15) is 0 Å². The molecule has 0 amide bonds. The molecule has 0 fully saturated rings. The molecule has 1 aromatic rings. The standard InChI is InChI=1S/C13H19N.ClH/c1-9(2)7-13(14)12-8-10(3)5-6-11(12)4;/h5-6,8,13H,1,7,14H2,2-4H3;1H/t13-;/m1./s1. The van der Waals surface area contributed by atoms with Crippen molar-refractivity contribution in [3.63, 3.8) is 0 Å². The zero-order valence-electron chi connectivity index (χ0n) is 9.71. The van der Waals surface area contributed by atoms with E-state index in [1.807, 2.05) is 6.92 Å². The Morgan fingerprint density at radius 2 is 2.00 bits per heavy atom. The Kier molecular flexibility index (Phi) is 5.63. The molecular weight excluding hydrogens is 206 g/mol. The summed E-state index contributed by atoms with van der Waals surface area (Å²) in [6.07, 6.45) is 0.865. The Morgan fingerprint density at radius 1 is 1.40 bits per heavy atom. The fraction of sp³-hybridized carbons (Fsp3) is 0.385. The summed E-state index contributed by atoms with van der Waals surface area (Å²) in [5, 5.41) is 0. The second-order valence-electron chi connectivity index (χ2n) is 4.13. The largest absolute Gasteiger partial charge is 0.324 e. The van der Waals surface area contributed by atoms with Crippen molar-refractivity contribution in [2.75, 3.05) is 0 Å². The fourth-order valence-corrected chi connectivity index (χ4v) is 1.64. The number of nitrogens with two attached hydrogens (primary N) is 1. The van der Waals surface area contributed by atoms with E-state index in [1.54, 1.807) is 0 Å². The molecule has 1 nitrogen and oxygen atoms in total. The molecule has 1 atom stereocenters. The van der Waals surface area contributed by atoms with Gasteiger partial charge in [-0.1, -0.05) is 29.3 Å². The van der Waals surface area contributed by atoms with Gasteiger partial charge in [-0.3, -0.25) is 0 Å². The van der Waals surface area contributed by atoms with Crippen molar-refractivity contribution in [1.29, 1.82) is 0 Å². The molecule has 0 heterocycles. The second-order valence-corrected chi connectivity index (χ2v) is 4.13. The van der Waals surface area contributed by atoms with Crippen LogP contribution in [-0.4, -0.2) is 0 Å². The molecule has 0 aliphatic rings. The number of aryl methyl sites for hydroxylation is 2. The molecule has 0 aliphatic heterocycles. The summed E-state index contributed by atoms with van der Waals surface area (Å²) >= 11 is 0. The van der Waals surface area contributed by atoms with Gasteiger partial charge in [-0.15, -0.1) is 19.0 Å². The lowest BCUT2D eigenvalue weighted by Gasteiger charge is -2.15. The normalized spacial score (nSPS) is 11.7. The summed E-state index contributed by atoms with van der Waals surface area (Å²) in [7, 11) is 0. The first kappa shape index (κ1) is 14.2. The molecule has 1 aromatic carbocycles. The molecule has 2 N–H and O–H groups in total. The van der Waals surface area contributed by atoms with Crippen molar-refractivity contribution in [2.24, 2.45) is 5.73 Å². The molecule has 0 aliphatic carbocycles. The van der Waals surface area contributed by atoms with Crippen LogP contribution < -0.4 is 5.73 Å². The van der Waals surface area contributed by atoms with Crippen LogP contribution in [-0.2, 0) is 0 Å². The number of rotatable bonds is 3. The quantitative estimate of drug-likeness (QED) is 0.781. The van der Waals surface area contributed by atoms with Crippen molar-refractivity contribution < 1.29 is 0 Å².